The third-order valence-corrected chi connectivity index (χ3v) is 7.59. The molecule has 7 nitrogen and oxygen atoms in total. The molecule has 1 saturated heterocycles. The Bertz CT molecular complexity index is 1120. The van der Waals surface area contributed by atoms with E-state index in [-0.39, 0.29) is 23.0 Å². The first-order valence-electron chi connectivity index (χ1n) is 10.3. The highest BCUT2D eigenvalue weighted by Crippen LogP contribution is 2.29. The maximum Gasteiger partial charge on any atom is 0.243 e. The molecule has 2 N–H and O–H groups in total. The van der Waals surface area contributed by atoms with Crippen LogP contribution in [0.3, 0.4) is 0 Å². The number of amides is 2. The van der Waals surface area contributed by atoms with Crippen molar-refractivity contribution < 1.29 is 22.4 Å². The summed E-state index contributed by atoms with van der Waals surface area (Å²) in [6.07, 6.45) is 2.75. The van der Waals surface area contributed by atoms with Crippen LogP contribution in [0.25, 0.3) is 0 Å². The zero-order chi connectivity index (χ0) is 22.0. The molecule has 2 aliphatic rings. The lowest BCUT2D eigenvalue weighted by atomic mass is 9.98. The van der Waals surface area contributed by atoms with Gasteiger partial charge in [0, 0.05) is 25.2 Å². The molecule has 2 amide bonds. The van der Waals surface area contributed by atoms with E-state index in [4.69, 9.17) is 0 Å². The number of anilines is 2. The third kappa shape index (κ3) is 4.62. The second-order valence-electron chi connectivity index (χ2n) is 7.89. The van der Waals surface area contributed by atoms with E-state index in [1.54, 1.807) is 18.2 Å². The molecule has 0 spiro atoms. The summed E-state index contributed by atoms with van der Waals surface area (Å²) in [6, 6.07) is 10.6. The van der Waals surface area contributed by atoms with Crippen molar-refractivity contribution in [1.29, 1.82) is 0 Å². The first kappa shape index (κ1) is 21.5. The average Bonchev–Trinajstić information content (AvgIpc) is 2.95. The van der Waals surface area contributed by atoms with E-state index in [1.807, 2.05) is 0 Å². The number of hydrogen-bond acceptors (Lipinski definition) is 4. The molecule has 0 bridgehead atoms. The molecule has 2 aromatic carbocycles. The van der Waals surface area contributed by atoms with Crippen LogP contribution in [-0.2, 0) is 26.0 Å². The zero-order valence-corrected chi connectivity index (χ0v) is 17.8. The summed E-state index contributed by atoms with van der Waals surface area (Å²) in [4.78, 5) is 24.5. The van der Waals surface area contributed by atoms with Crippen LogP contribution in [0, 0.1) is 11.7 Å². The fourth-order valence-corrected chi connectivity index (χ4v) is 5.61. The van der Waals surface area contributed by atoms with Gasteiger partial charge < -0.3 is 10.6 Å². The average molecular weight is 446 g/mol. The van der Waals surface area contributed by atoms with Crippen molar-refractivity contribution in [2.45, 2.75) is 37.0 Å². The van der Waals surface area contributed by atoms with Crippen molar-refractivity contribution in [2.24, 2.45) is 5.92 Å². The second-order valence-corrected chi connectivity index (χ2v) is 9.83. The molecular weight excluding hydrogens is 421 g/mol. The largest absolute Gasteiger partial charge is 0.326 e. The predicted molar refractivity (Wildman–Crippen MR) is 115 cm³/mol. The summed E-state index contributed by atoms with van der Waals surface area (Å²) in [6.45, 7) is 0.357. The molecule has 0 aromatic heterocycles. The summed E-state index contributed by atoms with van der Waals surface area (Å²) in [7, 11) is -3.80. The van der Waals surface area contributed by atoms with Crippen LogP contribution in [-0.4, -0.2) is 37.6 Å². The highest BCUT2D eigenvalue weighted by atomic mass is 32.2. The second kappa shape index (κ2) is 8.76. The van der Waals surface area contributed by atoms with Crippen LogP contribution in [0.1, 0.15) is 31.2 Å². The highest BCUT2D eigenvalue weighted by molar-refractivity contribution is 7.89. The maximum absolute atomic E-state index is 13.8. The Morgan fingerprint density at radius 3 is 2.74 bits per heavy atom. The van der Waals surface area contributed by atoms with Gasteiger partial charge in [-0.25, -0.2) is 12.8 Å². The first-order chi connectivity index (χ1) is 14.8. The van der Waals surface area contributed by atoms with Gasteiger partial charge >= 0.3 is 0 Å². The van der Waals surface area contributed by atoms with Crippen molar-refractivity contribution in [3.63, 3.8) is 0 Å². The zero-order valence-electron chi connectivity index (χ0n) is 16.9. The Balaban J connectivity index is 1.51. The number of carbonyl (C=O) groups excluding carboxylic acids is 2. The number of nitrogens with zero attached hydrogens (tertiary/aromatic N) is 1. The molecule has 2 aromatic rings. The summed E-state index contributed by atoms with van der Waals surface area (Å²) in [5.74, 6) is -1.57. The van der Waals surface area contributed by atoms with Crippen molar-refractivity contribution in [1.82, 2.24) is 4.31 Å². The number of nitrogens with one attached hydrogen (secondary N) is 2. The molecule has 9 heteroatoms. The van der Waals surface area contributed by atoms with Crippen molar-refractivity contribution in [3.8, 4) is 0 Å². The van der Waals surface area contributed by atoms with Crippen LogP contribution >= 0.6 is 0 Å². The normalized spacial score (nSPS) is 19.8. The molecule has 2 aliphatic heterocycles. The van der Waals surface area contributed by atoms with Gasteiger partial charge in [0.15, 0.2) is 0 Å². The van der Waals surface area contributed by atoms with Gasteiger partial charge in [0.25, 0.3) is 0 Å². The van der Waals surface area contributed by atoms with Gasteiger partial charge in [0.2, 0.25) is 21.8 Å². The lowest BCUT2D eigenvalue weighted by Crippen LogP contribution is -2.43. The van der Waals surface area contributed by atoms with Gasteiger partial charge in [-0.2, -0.15) is 4.31 Å². The smallest absolute Gasteiger partial charge is 0.243 e. The third-order valence-electron chi connectivity index (χ3n) is 5.73. The summed E-state index contributed by atoms with van der Waals surface area (Å²) in [5, 5.41) is 5.37. The number of carbonyl (C=O) groups is 2. The van der Waals surface area contributed by atoms with Crippen LogP contribution in [0.4, 0.5) is 15.8 Å². The fraction of sp³-hybridized carbons (Fsp3) is 0.364. The molecule has 4 rings (SSSR count). The minimum atomic E-state index is -3.80. The number of piperidine rings is 1. The van der Waals surface area contributed by atoms with Crippen LogP contribution in [0.5, 0.6) is 0 Å². The molecule has 0 aliphatic carbocycles. The number of aryl methyl sites for hydroxylation is 1. The Morgan fingerprint density at radius 2 is 1.94 bits per heavy atom. The minimum absolute atomic E-state index is 0.0381. The molecule has 164 valence electrons. The Morgan fingerprint density at radius 1 is 1.13 bits per heavy atom. The van der Waals surface area contributed by atoms with Gasteiger partial charge in [-0.3, -0.25) is 9.59 Å². The SMILES string of the molecule is O=C1CCCc2cc(S(=O)(=O)N3CCCC(C(=O)Nc4ccccc4F)C3)ccc2N1. The van der Waals surface area contributed by atoms with E-state index in [0.29, 0.717) is 44.3 Å². The Labute approximate surface area is 180 Å². The van der Waals surface area contributed by atoms with Crippen molar-refractivity contribution in [2.75, 3.05) is 23.7 Å². The number of benzene rings is 2. The van der Waals surface area contributed by atoms with Crippen molar-refractivity contribution >= 4 is 33.2 Å². The lowest BCUT2D eigenvalue weighted by molar-refractivity contribution is -0.121. The standard InChI is InChI=1S/C22H24FN3O4S/c23-18-7-1-2-8-20(18)25-22(28)16-6-4-12-26(14-16)31(29,30)17-10-11-19-15(13-17)5-3-9-21(27)24-19/h1-2,7-8,10-11,13,16H,3-6,9,12,14H2,(H,24,27)(H,25,28). The lowest BCUT2D eigenvalue weighted by Gasteiger charge is -2.31. The van der Waals surface area contributed by atoms with E-state index in [1.165, 1.54) is 28.6 Å². The van der Waals surface area contributed by atoms with E-state index < -0.39 is 27.7 Å². The van der Waals surface area contributed by atoms with Crippen LogP contribution in [0.2, 0.25) is 0 Å². The number of para-hydroxylation sites is 1. The molecule has 1 unspecified atom stereocenters. The Hall–Kier alpha value is -2.78. The Kier molecular flexibility index (Phi) is 6.06. The number of halogens is 1. The summed E-state index contributed by atoms with van der Waals surface area (Å²) >= 11 is 0. The van der Waals surface area contributed by atoms with Gasteiger partial charge in [0.1, 0.15) is 5.82 Å². The van der Waals surface area contributed by atoms with Gasteiger partial charge in [-0.05, 0) is 61.6 Å². The molecule has 0 radical (unpaired) electrons. The molecule has 2 heterocycles. The van der Waals surface area contributed by atoms with E-state index >= 15 is 0 Å². The minimum Gasteiger partial charge on any atom is -0.326 e. The first-order valence-corrected chi connectivity index (χ1v) is 11.8. The van der Waals surface area contributed by atoms with Crippen LogP contribution < -0.4 is 10.6 Å². The molecule has 0 saturated carbocycles. The van der Waals surface area contributed by atoms with Gasteiger partial charge in [0.05, 0.1) is 16.5 Å². The monoisotopic (exact) mass is 445 g/mol. The van der Waals surface area contributed by atoms with Crippen LogP contribution in [0.15, 0.2) is 47.4 Å². The number of sulfonamides is 1. The van der Waals surface area contributed by atoms with Crippen molar-refractivity contribution in [3.05, 3.63) is 53.8 Å². The maximum atomic E-state index is 13.8. The van der Waals surface area contributed by atoms with Gasteiger partial charge in [-0.15, -0.1) is 0 Å². The summed E-state index contributed by atoms with van der Waals surface area (Å²) in [5.41, 5.74) is 1.51. The molecule has 1 fully saturated rings. The predicted octanol–water partition coefficient (Wildman–Crippen LogP) is 3.14. The summed E-state index contributed by atoms with van der Waals surface area (Å²) < 4.78 is 41.7. The van der Waals surface area contributed by atoms with E-state index in [0.717, 1.165) is 5.56 Å². The molecule has 31 heavy (non-hydrogen) atoms. The number of rotatable bonds is 4. The fourth-order valence-electron chi connectivity index (χ4n) is 4.03. The topological polar surface area (TPSA) is 95.6 Å². The number of hydrogen-bond donors (Lipinski definition) is 2. The van der Waals surface area contributed by atoms with E-state index in [9.17, 15) is 22.4 Å². The quantitative estimate of drug-likeness (QED) is 0.756. The highest BCUT2D eigenvalue weighted by Gasteiger charge is 2.34. The van der Waals surface area contributed by atoms with Gasteiger partial charge in [-0.1, -0.05) is 12.1 Å². The molecular formula is C22H24FN3O4S. The molecule has 1 atom stereocenters. The van der Waals surface area contributed by atoms with E-state index in [2.05, 4.69) is 10.6 Å². The number of fused-ring (bicyclic) bond motifs is 1.